The van der Waals surface area contributed by atoms with E-state index in [0.29, 0.717) is 34.3 Å². The van der Waals surface area contributed by atoms with Gasteiger partial charge in [0.05, 0.1) is 48.2 Å². The predicted octanol–water partition coefficient (Wildman–Crippen LogP) is 2.60. The Kier molecular flexibility index (Phi) is 6.46. The molecule has 0 radical (unpaired) electrons. The third-order valence-corrected chi connectivity index (χ3v) is 4.76. The van der Waals surface area contributed by atoms with Gasteiger partial charge in [-0.1, -0.05) is 6.07 Å². The minimum absolute atomic E-state index is 0.132. The van der Waals surface area contributed by atoms with Crippen molar-refractivity contribution in [3.8, 4) is 28.7 Å². The molecule has 0 amide bonds. The third-order valence-electron chi connectivity index (χ3n) is 4.76. The van der Waals surface area contributed by atoms with Crippen LogP contribution in [-0.2, 0) is 4.74 Å². The molecule has 8 heteroatoms. The molecule has 0 spiro atoms. The van der Waals surface area contributed by atoms with Crippen LogP contribution >= 0.6 is 0 Å². The number of methoxy groups -OCH3 is 5. The van der Waals surface area contributed by atoms with Crippen molar-refractivity contribution in [1.29, 1.82) is 0 Å². The summed E-state index contributed by atoms with van der Waals surface area (Å²) in [6.07, 6.45) is -0.439. The fourth-order valence-corrected chi connectivity index (χ4v) is 3.26. The van der Waals surface area contributed by atoms with E-state index in [1.54, 1.807) is 32.4 Å². The first-order valence-corrected chi connectivity index (χ1v) is 9.00. The highest BCUT2D eigenvalue weighted by atomic mass is 16.5. The third kappa shape index (κ3) is 4.08. The minimum Gasteiger partial charge on any atom is -0.493 e. The summed E-state index contributed by atoms with van der Waals surface area (Å²) >= 11 is 0. The summed E-state index contributed by atoms with van der Waals surface area (Å²) < 4.78 is 32.4. The first kappa shape index (κ1) is 20.8. The molecule has 0 bridgehead atoms. The SMILES string of the molecule is COc1ccc(C2NC(C(=O)c3cc(OC)c(OC)c(OC)c3)CO2)cc1OC. The zero-order valence-corrected chi connectivity index (χ0v) is 17.1. The minimum atomic E-state index is -0.518. The van der Waals surface area contributed by atoms with Crippen molar-refractivity contribution >= 4 is 5.78 Å². The van der Waals surface area contributed by atoms with E-state index in [1.165, 1.54) is 21.3 Å². The fourth-order valence-electron chi connectivity index (χ4n) is 3.26. The molecule has 0 aromatic heterocycles. The van der Waals surface area contributed by atoms with E-state index in [9.17, 15) is 4.79 Å². The van der Waals surface area contributed by atoms with Crippen molar-refractivity contribution in [3.05, 3.63) is 41.5 Å². The maximum absolute atomic E-state index is 13.0. The van der Waals surface area contributed by atoms with E-state index < -0.39 is 12.3 Å². The molecule has 1 aliphatic heterocycles. The first-order valence-electron chi connectivity index (χ1n) is 9.00. The first-order chi connectivity index (χ1) is 14.1. The summed E-state index contributed by atoms with van der Waals surface area (Å²) in [7, 11) is 7.68. The molecule has 2 aromatic carbocycles. The summed E-state index contributed by atoms with van der Waals surface area (Å²) in [5.74, 6) is 2.36. The lowest BCUT2D eigenvalue weighted by molar-refractivity contribution is 0.0907. The average molecular weight is 403 g/mol. The number of ketones is 1. The molecule has 2 aromatic rings. The Morgan fingerprint density at radius 2 is 1.48 bits per heavy atom. The molecule has 0 saturated carbocycles. The molecular weight excluding hydrogens is 378 g/mol. The Morgan fingerprint density at radius 3 is 2.03 bits per heavy atom. The summed E-state index contributed by atoms with van der Waals surface area (Å²) in [4.78, 5) is 13.0. The Balaban J connectivity index is 1.81. The highest BCUT2D eigenvalue weighted by Crippen LogP contribution is 2.39. The molecule has 1 fully saturated rings. The molecule has 2 unspecified atom stereocenters. The van der Waals surface area contributed by atoms with Crippen molar-refractivity contribution in [2.45, 2.75) is 12.3 Å². The summed E-state index contributed by atoms with van der Waals surface area (Å²) in [5.41, 5.74) is 1.27. The van der Waals surface area contributed by atoms with Crippen LogP contribution in [0.3, 0.4) is 0 Å². The normalized spacial score (nSPS) is 18.2. The van der Waals surface area contributed by atoms with Crippen LogP contribution in [0.4, 0.5) is 0 Å². The van der Waals surface area contributed by atoms with E-state index >= 15 is 0 Å². The van der Waals surface area contributed by atoms with Gasteiger partial charge >= 0.3 is 0 Å². The van der Waals surface area contributed by atoms with E-state index in [2.05, 4.69) is 5.32 Å². The highest BCUT2D eigenvalue weighted by Gasteiger charge is 2.32. The molecule has 1 heterocycles. The molecule has 156 valence electrons. The van der Waals surface area contributed by atoms with Gasteiger partial charge < -0.3 is 28.4 Å². The molecule has 1 saturated heterocycles. The Morgan fingerprint density at radius 1 is 0.862 bits per heavy atom. The Labute approximate surface area is 169 Å². The molecule has 1 aliphatic rings. The van der Waals surface area contributed by atoms with Crippen LogP contribution in [0.15, 0.2) is 30.3 Å². The smallest absolute Gasteiger partial charge is 0.203 e. The highest BCUT2D eigenvalue weighted by molar-refractivity contribution is 6.01. The number of Topliss-reactive ketones (excluding diaryl/α,β-unsaturated/α-hetero) is 1. The molecule has 2 atom stereocenters. The van der Waals surface area contributed by atoms with Crippen molar-refractivity contribution in [2.75, 3.05) is 42.2 Å². The second-order valence-corrected chi connectivity index (χ2v) is 6.33. The number of benzene rings is 2. The number of hydrogen-bond donors (Lipinski definition) is 1. The monoisotopic (exact) mass is 403 g/mol. The van der Waals surface area contributed by atoms with E-state index in [-0.39, 0.29) is 12.4 Å². The van der Waals surface area contributed by atoms with Gasteiger partial charge in [-0.3, -0.25) is 10.1 Å². The standard InChI is InChI=1S/C21H25NO7/c1-24-15-7-6-12(8-16(15)25-2)21-22-14(11-29-21)19(23)13-9-17(26-3)20(28-5)18(10-13)27-4/h6-10,14,21-22H,11H2,1-5H3. The zero-order chi connectivity index (χ0) is 21.0. The number of carbonyl (C=O) groups is 1. The zero-order valence-electron chi connectivity index (χ0n) is 17.1. The second-order valence-electron chi connectivity index (χ2n) is 6.33. The lowest BCUT2D eigenvalue weighted by atomic mass is 10.0. The molecular formula is C21H25NO7. The summed E-state index contributed by atoms with van der Waals surface area (Å²) in [5, 5.41) is 3.22. The topological polar surface area (TPSA) is 84.5 Å². The van der Waals surface area contributed by atoms with Gasteiger partial charge in [-0.05, 0) is 29.8 Å². The van der Waals surface area contributed by atoms with Gasteiger partial charge in [0.15, 0.2) is 28.8 Å². The van der Waals surface area contributed by atoms with Gasteiger partial charge in [-0.15, -0.1) is 0 Å². The van der Waals surface area contributed by atoms with Crippen LogP contribution in [0.1, 0.15) is 22.1 Å². The number of carbonyl (C=O) groups excluding carboxylic acids is 1. The van der Waals surface area contributed by atoms with Gasteiger partial charge in [-0.25, -0.2) is 0 Å². The van der Waals surface area contributed by atoms with Crippen molar-refractivity contribution < 1.29 is 33.2 Å². The fraction of sp³-hybridized carbons (Fsp3) is 0.381. The predicted molar refractivity (Wildman–Crippen MR) is 106 cm³/mol. The van der Waals surface area contributed by atoms with Gasteiger partial charge in [0, 0.05) is 5.56 Å². The van der Waals surface area contributed by atoms with Crippen LogP contribution in [-0.4, -0.2) is 54.0 Å². The van der Waals surface area contributed by atoms with Gasteiger partial charge in [0.1, 0.15) is 6.23 Å². The number of hydrogen-bond acceptors (Lipinski definition) is 8. The second kappa shape index (κ2) is 9.02. The van der Waals surface area contributed by atoms with Crippen LogP contribution < -0.4 is 29.0 Å². The number of rotatable bonds is 8. The van der Waals surface area contributed by atoms with Crippen LogP contribution in [0.25, 0.3) is 0 Å². The Hall–Kier alpha value is -2.97. The maximum Gasteiger partial charge on any atom is 0.203 e. The Bertz CT molecular complexity index is 858. The van der Waals surface area contributed by atoms with Crippen LogP contribution in [0.2, 0.25) is 0 Å². The number of nitrogens with one attached hydrogen (secondary N) is 1. The molecule has 3 rings (SSSR count). The van der Waals surface area contributed by atoms with Crippen LogP contribution in [0.5, 0.6) is 28.7 Å². The molecule has 0 aliphatic carbocycles. The lowest BCUT2D eigenvalue weighted by Gasteiger charge is -2.16. The van der Waals surface area contributed by atoms with E-state index in [1.807, 2.05) is 12.1 Å². The van der Waals surface area contributed by atoms with Gasteiger partial charge in [0.2, 0.25) is 5.75 Å². The quantitative estimate of drug-likeness (QED) is 0.674. The van der Waals surface area contributed by atoms with E-state index in [4.69, 9.17) is 28.4 Å². The summed E-state index contributed by atoms with van der Waals surface area (Å²) in [6.45, 7) is 0.231. The molecule has 29 heavy (non-hydrogen) atoms. The molecule has 1 N–H and O–H groups in total. The van der Waals surface area contributed by atoms with Crippen LogP contribution in [0, 0.1) is 0 Å². The molecule has 8 nitrogen and oxygen atoms in total. The van der Waals surface area contributed by atoms with Crippen molar-refractivity contribution in [1.82, 2.24) is 5.32 Å². The largest absolute Gasteiger partial charge is 0.493 e. The average Bonchev–Trinajstić information content (AvgIpc) is 3.27. The van der Waals surface area contributed by atoms with Gasteiger partial charge in [0.25, 0.3) is 0 Å². The van der Waals surface area contributed by atoms with Gasteiger partial charge in [-0.2, -0.15) is 0 Å². The lowest BCUT2D eigenvalue weighted by Crippen LogP contribution is -2.34. The van der Waals surface area contributed by atoms with E-state index in [0.717, 1.165) is 5.56 Å². The van der Waals surface area contributed by atoms with Crippen molar-refractivity contribution in [3.63, 3.8) is 0 Å². The summed E-state index contributed by atoms with van der Waals surface area (Å²) in [6, 6.07) is 8.24. The maximum atomic E-state index is 13.0. The van der Waals surface area contributed by atoms with Crippen molar-refractivity contribution in [2.24, 2.45) is 0 Å². The number of ether oxygens (including phenoxy) is 6.